The molecule has 0 N–H and O–H groups in total. The van der Waals surface area contributed by atoms with Crippen LogP contribution < -0.4 is 4.90 Å². The molecule has 34 heavy (non-hydrogen) atoms. The molecule has 10 heteroatoms. The smallest absolute Gasteiger partial charge is 0.233 e. The van der Waals surface area contributed by atoms with Crippen molar-refractivity contribution < 1.29 is 22.0 Å². The van der Waals surface area contributed by atoms with Gasteiger partial charge in [0, 0.05) is 12.3 Å². The van der Waals surface area contributed by atoms with Crippen LogP contribution in [0.2, 0.25) is 0 Å². The van der Waals surface area contributed by atoms with Crippen molar-refractivity contribution >= 4 is 42.4 Å². The Morgan fingerprint density at radius 3 is 2.47 bits per heavy atom. The summed E-state index contributed by atoms with van der Waals surface area (Å²) >= 11 is 1.01. The Labute approximate surface area is 199 Å². The van der Waals surface area contributed by atoms with Crippen LogP contribution in [-0.2, 0) is 27.6 Å². The van der Waals surface area contributed by atoms with Gasteiger partial charge in [-0.2, -0.15) is 0 Å². The van der Waals surface area contributed by atoms with Gasteiger partial charge in [-0.1, -0.05) is 29.5 Å². The number of amides is 1. The minimum absolute atomic E-state index is 0.0107. The fourth-order valence-electron chi connectivity index (χ4n) is 3.32. The zero-order valence-electron chi connectivity index (χ0n) is 18.4. The van der Waals surface area contributed by atoms with E-state index in [0.29, 0.717) is 11.3 Å². The predicted octanol–water partition coefficient (Wildman–Crippen LogP) is 4.93. The first-order valence-electron chi connectivity index (χ1n) is 10.4. The van der Waals surface area contributed by atoms with Gasteiger partial charge in [-0.3, -0.25) is 14.7 Å². The van der Waals surface area contributed by atoms with Gasteiger partial charge in [0.25, 0.3) is 0 Å². The number of sulfone groups is 1. The molecule has 0 spiro atoms. The predicted molar refractivity (Wildman–Crippen MR) is 127 cm³/mol. The third kappa shape index (κ3) is 4.97. The topological polar surface area (TPSA) is 80.2 Å². The summed E-state index contributed by atoms with van der Waals surface area (Å²) < 4.78 is 52.9. The van der Waals surface area contributed by atoms with E-state index < -0.39 is 26.7 Å². The zero-order chi connectivity index (χ0) is 24.5. The summed E-state index contributed by atoms with van der Waals surface area (Å²) in [6.07, 6.45) is 1.56. The Bertz CT molecular complexity index is 1440. The Balaban J connectivity index is 1.65. The summed E-state index contributed by atoms with van der Waals surface area (Å²) in [5.74, 6) is -1.87. The van der Waals surface area contributed by atoms with E-state index in [9.17, 15) is 22.0 Å². The second-order valence-corrected chi connectivity index (χ2v) is 11.5. The van der Waals surface area contributed by atoms with E-state index in [1.165, 1.54) is 23.1 Å². The van der Waals surface area contributed by atoms with E-state index in [2.05, 4.69) is 9.97 Å². The van der Waals surface area contributed by atoms with Crippen molar-refractivity contribution in [2.75, 3.05) is 4.90 Å². The van der Waals surface area contributed by atoms with Crippen LogP contribution >= 0.6 is 11.3 Å². The molecular weight excluding hydrogens is 480 g/mol. The van der Waals surface area contributed by atoms with E-state index in [0.717, 1.165) is 17.4 Å². The first-order valence-corrected chi connectivity index (χ1v) is 12.8. The average Bonchev–Trinajstić information content (AvgIpc) is 3.22. The molecule has 0 fully saturated rings. The highest BCUT2D eigenvalue weighted by Crippen LogP contribution is 2.32. The lowest BCUT2D eigenvalue weighted by Crippen LogP contribution is -2.32. The summed E-state index contributed by atoms with van der Waals surface area (Å²) in [6, 6.07) is 13.4. The molecule has 0 unspecified atom stereocenters. The number of carbonyl (C=O) groups is 1. The summed E-state index contributed by atoms with van der Waals surface area (Å²) in [6.45, 7) is 3.30. The van der Waals surface area contributed by atoms with Crippen LogP contribution in [-0.4, -0.2) is 29.5 Å². The number of pyridine rings is 1. The molecule has 176 valence electrons. The number of hydrogen-bond donors (Lipinski definition) is 0. The SMILES string of the molecule is CC(C)S(=O)(=O)c1ccc(CC(=O)N(Cc2ccccn2)c2nc3c(F)cc(F)cc3s2)cc1. The summed E-state index contributed by atoms with van der Waals surface area (Å²) in [7, 11) is -3.42. The molecule has 0 aliphatic rings. The Kier molecular flexibility index (Phi) is 6.72. The number of nitrogens with zero attached hydrogens (tertiary/aromatic N) is 3. The van der Waals surface area contributed by atoms with Crippen molar-refractivity contribution in [2.24, 2.45) is 0 Å². The molecule has 6 nitrogen and oxygen atoms in total. The molecule has 2 aromatic carbocycles. The first kappa shape index (κ1) is 23.9. The Morgan fingerprint density at radius 2 is 1.82 bits per heavy atom. The molecule has 0 aliphatic carbocycles. The minimum atomic E-state index is -3.42. The highest BCUT2D eigenvalue weighted by Gasteiger charge is 2.23. The standard InChI is InChI=1S/C24H21F2N3O3S2/c1-15(2)34(31,32)19-8-6-16(7-9-19)11-22(30)29(14-18-5-3-4-10-27-18)24-28-23-20(26)12-17(25)13-21(23)33-24/h3-10,12-13,15H,11,14H2,1-2H3. The largest absolute Gasteiger partial charge is 0.282 e. The lowest BCUT2D eigenvalue weighted by molar-refractivity contribution is -0.118. The molecular formula is C24H21F2N3O3S2. The van der Waals surface area contributed by atoms with Gasteiger partial charge in [-0.25, -0.2) is 22.2 Å². The average molecular weight is 502 g/mol. The lowest BCUT2D eigenvalue weighted by Gasteiger charge is -2.19. The van der Waals surface area contributed by atoms with Gasteiger partial charge >= 0.3 is 0 Å². The quantitative estimate of drug-likeness (QED) is 0.359. The van der Waals surface area contributed by atoms with Crippen molar-refractivity contribution in [1.82, 2.24) is 9.97 Å². The molecule has 0 bridgehead atoms. The van der Waals surface area contributed by atoms with Crippen LogP contribution in [0.25, 0.3) is 10.2 Å². The molecule has 2 aromatic heterocycles. The van der Waals surface area contributed by atoms with Gasteiger partial charge in [-0.05, 0) is 49.7 Å². The lowest BCUT2D eigenvalue weighted by atomic mass is 10.1. The molecule has 4 rings (SSSR count). The number of anilines is 1. The minimum Gasteiger partial charge on any atom is -0.282 e. The number of carbonyl (C=O) groups excluding carboxylic acids is 1. The van der Waals surface area contributed by atoms with Gasteiger partial charge in [0.1, 0.15) is 11.3 Å². The third-order valence-corrected chi connectivity index (χ3v) is 8.40. The fourth-order valence-corrected chi connectivity index (χ4v) is 5.40. The van der Waals surface area contributed by atoms with Crippen molar-refractivity contribution in [2.45, 2.75) is 37.0 Å². The fraction of sp³-hybridized carbons (Fsp3) is 0.208. The maximum Gasteiger partial charge on any atom is 0.233 e. The number of aromatic nitrogens is 2. The van der Waals surface area contributed by atoms with Gasteiger partial charge in [0.15, 0.2) is 20.8 Å². The molecule has 0 radical (unpaired) electrons. The van der Waals surface area contributed by atoms with Crippen molar-refractivity contribution in [3.8, 4) is 0 Å². The van der Waals surface area contributed by atoms with E-state index in [1.54, 1.807) is 50.4 Å². The monoisotopic (exact) mass is 501 g/mol. The normalized spacial score (nSPS) is 11.8. The van der Waals surface area contributed by atoms with Gasteiger partial charge in [0.2, 0.25) is 5.91 Å². The highest BCUT2D eigenvalue weighted by atomic mass is 32.2. The van der Waals surface area contributed by atoms with E-state index in [1.807, 2.05) is 0 Å². The highest BCUT2D eigenvalue weighted by molar-refractivity contribution is 7.92. The van der Waals surface area contributed by atoms with E-state index in [4.69, 9.17) is 0 Å². The third-order valence-electron chi connectivity index (χ3n) is 5.21. The Hall–Kier alpha value is -3.24. The molecule has 1 amide bonds. The van der Waals surface area contributed by atoms with Gasteiger partial charge in [-0.15, -0.1) is 0 Å². The van der Waals surface area contributed by atoms with Crippen LogP contribution in [0.15, 0.2) is 65.7 Å². The molecule has 4 aromatic rings. The number of hydrogen-bond acceptors (Lipinski definition) is 6. The van der Waals surface area contributed by atoms with Crippen molar-refractivity contribution in [1.29, 1.82) is 0 Å². The number of halogens is 2. The number of fused-ring (bicyclic) bond motifs is 1. The van der Waals surface area contributed by atoms with Gasteiger partial charge in [0.05, 0.1) is 33.5 Å². The first-order chi connectivity index (χ1) is 16.1. The Morgan fingerprint density at radius 1 is 1.09 bits per heavy atom. The number of benzene rings is 2. The summed E-state index contributed by atoms with van der Waals surface area (Å²) in [5.41, 5.74) is 1.20. The second kappa shape index (κ2) is 9.55. The zero-order valence-corrected chi connectivity index (χ0v) is 20.0. The van der Waals surface area contributed by atoms with Gasteiger partial charge < -0.3 is 0 Å². The summed E-state index contributed by atoms with van der Waals surface area (Å²) in [5, 5.41) is -0.340. The molecule has 0 aliphatic heterocycles. The second-order valence-electron chi connectivity index (χ2n) is 7.95. The molecule has 0 saturated heterocycles. The van der Waals surface area contributed by atoms with E-state index >= 15 is 0 Å². The van der Waals surface area contributed by atoms with Crippen LogP contribution in [0.5, 0.6) is 0 Å². The number of rotatable bonds is 7. The molecule has 2 heterocycles. The van der Waals surface area contributed by atoms with Crippen molar-refractivity contribution in [3.05, 3.63) is 83.7 Å². The summed E-state index contributed by atoms with van der Waals surface area (Å²) in [4.78, 5) is 23.4. The maximum atomic E-state index is 14.2. The van der Waals surface area contributed by atoms with Crippen molar-refractivity contribution in [3.63, 3.8) is 0 Å². The molecule has 0 atom stereocenters. The molecule has 0 saturated carbocycles. The maximum absolute atomic E-state index is 14.2. The van der Waals surface area contributed by atoms with Crippen LogP contribution in [0, 0.1) is 11.6 Å². The van der Waals surface area contributed by atoms with Crippen LogP contribution in [0.3, 0.4) is 0 Å². The van der Waals surface area contributed by atoms with Crippen LogP contribution in [0.1, 0.15) is 25.1 Å². The van der Waals surface area contributed by atoms with E-state index in [-0.39, 0.29) is 39.1 Å². The van der Waals surface area contributed by atoms with Crippen LogP contribution in [0.4, 0.5) is 13.9 Å². The number of thiazole rings is 1.